The molecule has 0 radical (unpaired) electrons. The number of carbonyl (C=O) groups excluding carboxylic acids is 2. The maximum Gasteiger partial charge on any atom is 0.314 e. The van der Waals surface area contributed by atoms with Gasteiger partial charge in [0.15, 0.2) is 0 Å². The summed E-state index contributed by atoms with van der Waals surface area (Å²) < 4.78 is 0. The number of pyridine rings is 1. The van der Waals surface area contributed by atoms with Crippen molar-refractivity contribution in [3.05, 3.63) is 66.4 Å². The van der Waals surface area contributed by atoms with E-state index in [1.807, 2.05) is 48.5 Å². The predicted octanol–water partition coefficient (Wildman–Crippen LogP) is 4.33. The highest BCUT2D eigenvalue weighted by Crippen LogP contribution is 2.26. The molecule has 0 aliphatic rings. The summed E-state index contributed by atoms with van der Waals surface area (Å²) in [5.74, 6) is -1.13. The highest BCUT2D eigenvalue weighted by molar-refractivity contribution is 6.44. The van der Waals surface area contributed by atoms with E-state index < -0.39 is 11.8 Å². The molecule has 2 amide bonds. The molecule has 0 aliphatic carbocycles. The molecule has 1 unspecified atom stereocenters. The topological polar surface area (TPSA) is 71.1 Å². The fourth-order valence-electron chi connectivity index (χ4n) is 2.82. The van der Waals surface area contributed by atoms with Gasteiger partial charge in [0.25, 0.3) is 0 Å². The molecule has 132 valence electrons. The van der Waals surface area contributed by atoms with Crippen molar-refractivity contribution < 1.29 is 9.59 Å². The SMILES string of the molecule is CCC(C)c1ccccc1NC(=O)C(=O)Nc1cccc2cccnc12. The first-order chi connectivity index (χ1) is 12.6. The number of nitrogens with zero attached hydrogens (tertiary/aromatic N) is 1. The summed E-state index contributed by atoms with van der Waals surface area (Å²) in [7, 11) is 0. The molecule has 5 nitrogen and oxygen atoms in total. The number of anilines is 2. The van der Waals surface area contributed by atoms with Crippen LogP contribution in [0.25, 0.3) is 10.9 Å². The molecule has 1 atom stereocenters. The molecule has 26 heavy (non-hydrogen) atoms. The van der Waals surface area contributed by atoms with Crippen LogP contribution in [0.2, 0.25) is 0 Å². The fraction of sp³-hybridized carbons (Fsp3) is 0.190. The maximum absolute atomic E-state index is 12.4. The Morgan fingerprint density at radius 1 is 0.923 bits per heavy atom. The van der Waals surface area contributed by atoms with E-state index in [1.54, 1.807) is 12.3 Å². The lowest BCUT2D eigenvalue weighted by molar-refractivity contribution is -0.132. The Morgan fingerprint density at radius 2 is 1.58 bits per heavy atom. The van der Waals surface area contributed by atoms with Crippen molar-refractivity contribution >= 4 is 34.1 Å². The maximum atomic E-state index is 12.4. The molecule has 0 fully saturated rings. The largest absolute Gasteiger partial charge is 0.318 e. The molecule has 3 aromatic rings. The highest BCUT2D eigenvalue weighted by Gasteiger charge is 2.18. The van der Waals surface area contributed by atoms with Crippen LogP contribution >= 0.6 is 0 Å². The van der Waals surface area contributed by atoms with Crippen molar-refractivity contribution in [1.82, 2.24) is 4.98 Å². The number of rotatable bonds is 4. The quantitative estimate of drug-likeness (QED) is 0.690. The van der Waals surface area contributed by atoms with Gasteiger partial charge in [-0.25, -0.2) is 0 Å². The Kier molecular flexibility index (Phi) is 5.27. The van der Waals surface area contributed by atoms with Gasteiger partial charge in [-0.3, -0.25) is 14.6 Å². The van der Waals surface area contributed by atoms with Crippen molar-refractivity contribution in [2.24, 2.45) is 0 Å². The van der Waals surface area contributed by atoms with Crippen LogP contribution in [0.5, 0.6) is 0 Å². The van der Waals surface area contributed by atoms with E-state index in [0.717, 1.165) is 17.4 Å². The summed E-state index contributed by atoms with van der Waals surface area (Å²) in [6.07, 6.45) is 2.60. The Balaban J connectivity index is 1.78. The van der Waals surface area contributed by atoms with Crippen LogP contribution in [0.4, 0.5) is 11.4 Å². The van der Waals surface area contributed by atoms with Crippen LogP contribution < -0.4 is 10.6 Å². The Morgan fingerprint density at radius 3 is 2.35 bits per heavy atom. The lowest BCUT2D eigenvalue weighted by atomic mass is 9.97. The molecule has 0 spiro atoms. The van der Waals surface area contributed by atoms with Crippen LogP contribution in [0, 0.1) is 0 Å². The van der Waals surface area contributed by atoms with Crippen molar-refractivity contribution in [2.75, 3.05) is 10.6 Å². The number of carbonyl (C=O) groups is 2. The zero-order chi connectivity index (χ0) is 18.5. The molecule has 0 bridgehead atoms. The summed E-state index contributed by atoms with van der Waals surface area (Å²) in [6.45, 7) is 4.18. The monoisotopic (exact) mass is 347 g/mol. The third-order valence-corrected chi connectivity index (χ3v) is 4.44. The van der Waals surface area contributed by atoms with Crippen LogP contribution in [0.15, 0.2) is 60.8 Å². The molecule has 5 heteroatoms. The predicted molar refractivity (Wildman–Crippen MR) is 104 cm³/mol. The Bertz CT molecular complexity index is 947. The number of hydrogen-bond donors (Lipinski definition) is 2. The average molecular weight is 347 g/mol. The molecule has 2 aromatic carbocycles. The van der Waals surface area contributed by atoms with Crippen LogP contribution in [-0.2, 0) is 9.59 Å². The fourth-order valence-corrected chi connectivity index (χ4v) is 2.82. The van der Waals surface area contributed by atoms with Gasteiger partial charge in [-0.05, 0) is 36.1 Å². The van der Waals surface area contributed by atoms with Gasteiger partial charge in [-0.1, -0.05) is 50.2 Å². The third kappa shape index (κ3) is 3.72. The van der Waals surface area contributed by atoms with Crippen LogP contribution in [-0.4, -0.2) is 16.8 Å². The van der Waals surface area contributed by atoms with Gasteiger partial charge >= 0.3 is 11.8 Å². The van der Waals surface area contributed by atoms with E-state index in [4.69, 9.17) is 0 Å². The van der Waals surface area contributed by atoms with Gasteiger partial charge < -0.3 is 10.6 Å². The second kappa shape index (κ2) is 7.78. The Labute approximate surface area is 152 Å². The van der Waals surface area contributed by atoms with Gasteiger partial charge in [0, 0.05) is 17.3 Å². The van der Waals surface area contributed by atoms with E-state index in [2.05, 4.69) is 29.5 Å². The molecule has 1 heterocycles. The minimum atomic E-state index is -0.720. The van der Waals surface area contributed by atoms with E-state index >= 15 is 0 Å². The number of aromatic nitrogens is 1. The van der Waals surface area contributed by atoms with Crippen molar-refractivity contribution in [3.63, 3.8) is 0 Å². The molecule has 0 saturated carbocycles. The first kappa shape index (κ1) is 17.6. The van der Waals surface area contributed by atoms with Gasteiger partial charge in [0.2, 0.25) is 0 Å². The second-order valence-electron chi connectivity index (χ2n) is 6.19. The van der Waals surface area contributed by atoms with Gasteiger partial charge in [0.1, 0.15) is 0 Å². The number of hydrogen-bond acceptors (Lipinski definition) is 3. The number of para-hydroxylation sites is 2. The zero-order valence-corrected chi connectivity index (χ0v) is 14.8. The zero-order valence-electron chi connectivity index (χ0n) is 14.8. The van der Waals surface area contributed by atoms with Gasteiger partial charge in [0.05, 0.1) is 11.2 Å². The molecule has 0 saturated heterocycles. The number of fused-ring (bicyclic) bond motifs is 1. The molecule has 0 aliphatic heterocycles. The molecule has 2 N–H and O–H groups in total. The Hall–Kier alpha value is -3.21. The number of benzene rings is 2. The van der Waals surface area contributed by atoms with Crippen LogP contribution in [0.3, 0.4) is 0 Å². The molecular weight excluding hydrogens is 326 g/mol. The second-order valence-corrected chi connectivity index (χ2v) is 6.19. The summed E-state index contributed by atoms with van der Waals surface area (Å²) in [5, 5.41) is 6.27. The highest BCUT2D eigenvalue weighted by atomic mass is 16.2. The number of nitrogens with one attached hydrogen (secondary N) is 2. The minimum Gasteiger partial charge on any atom is -0.318 e. The summed E-state index contributed by atoms with van der Waals surface area (Å²) >= 11 is 0. The normalized spacial score (nSPS) is 11.8. The van der Waals surface area contributed by atoms with E-state index in [1.165, 1.54) is 0 Å². The van der Waals surface area contributed by atoms with Crippen LogP contribution in [0.1, 0.15) is 31.7 Å². The lowest BCUT2D eigenvalue weighted by Crippen LogP contribution is -2.29. The van der Waals surface area contributed by atoms with Gasteiger partial charge in [-0.15, -0.1) is 0 Å². The smallest absolute Gasteiger partial charge is 0.314 e. The van der Waals surface area contributed by atoms with Gasteiger partial charge in [-0.2, -0.15) is 0 Å². The lowest BCUT2D eigenvalue weighted by Gasteiger charge is -2.15. The summed E-state index contributed by atoms with van der Waals surface area (Å²) in [4.78, 5) is 29.0. The molecule has 3 rings (SSSR count). The van der Waals surface area contributed by atoms with Crippen molar-refractivity contribution in [3.8, 4) is 0 Å². The van der Waals surface area contributed by atoms with E-state index in [-0.39, 0.29) is 5.92 Å². The van der Waals surface area contributed by atoms with Crippen molar-refractivity contribution in [1.29, 1.82) is 0 Å². The summed E-state index contributed by atoms with van der Waals surface area (Å²) in [6, 6.07) is 16.7. The standard InChI is InChI=1S/C21H21N3O2/c1-3-14(2)16-10-4-5-11-17(16)23-20(25)21(26)24-18-12-6-8-15-9-7-13-22-19(15)18/h4-14H,3H2,1-2H3,(H,23,25)(H,24,26). The third-order valence-electron chi connectivity index (χ3n) is 4.44. The molecular formula is C21H21N3O2. The van der Waals surface area contributed by atoms with E-state index in [9.17, 15) is 9.59 Å². The first-order valence-corrected chi connectivity index (χ1v) is 8.65. The van der Waals surface area contributed by atoms with Crippen molar-refractivity contribution in [2.45, 2.75) is 26.2 Å². The van der Waals surface area contributed by atoms with E-state index in [0.29, 0.717) is 16.9 Å². The average Bonchev–Trinajstić information content (AvgIpc) is 2.68. The minimum absolute atomic E-state index is 0.289. The summed E-state index contributed by atoms with van der Waals surface area (Å²) in [5.41, 5.74) is 2.84. The first-order valence-electron chi connectivity index (χ1n) is 8.65. The number of amides is 2. The molecule has 1 aromatic heterocycles.